The molecule has 1 saturated heterocycles. The molecule has 1 atom stereocenters. The molecule has 18 heavy (non-hydrogen) atoms. The Balaban J connectivity index is 2.27. The lowest BCUT2D eigenvalue weighted by Gasteiger charge is -2.31. The van der Waals surface area contributed by atoms with Gasteiger partial charge in [-0.25, -0.2) is 0 Å². The van der Waals surface area contributed by atoms with E-state index in [0.717, 1.165) is 36.0 Å². The Morgan fingerprint density at radius 1 is 1.39 bits per heavy atom. The minimum Gasteiger partial charge on any atom is -0.323 e. The number of amides is 1. The van der Waals surface area contributed by atoms with Crippen molar-refractivity contribution in [3.63, 3.8) is 0 Å². The van der Waals surface area contributed by atoms with Crippen molar-refractivity contribution in [3.05, 3.63) is 34.9 Å². The van der Waals surface area contributed by atoms with Crippen molar-refractivity contribution in [1.29, 1.82) is 5.26 Å². The first-order valence-electron chi connectivity index (χ1n) is 6.41. The summed E-state index contributed by atoms with van der Waals surface area (Å²) in [6, 6.07) is 7.82. The molecule has 0 aliphatic carbocycles. The van der Waals surface area contributed by atoms with Gasteiger partial charge in [-0.3, -0.25) is 4.79 Å². The molecule has 0 radical (unpaired) electrons. The van der Waals surface area contributed by atoms with Gasteiger partial charge in [0.25, 0.3) is 5.91 Å². The van der Waals surface area contributed by atoms with Crippen LogP contribution in [0, 0.1) is 25.2 Å². The van der Waals surface area contributed by atoms with Crippen LogP contribution < -0.4 is 0 Å². The van der Waals surface area contributed by atoms with Crippen LogP contribution in [0.4, 0.5) is 0 Å². The molecule has 3 heteroatoms. The van der Waals surface area contributed by atoms with E-state index in [1.54, 1.807) is 4.90 Å². The maximum atomic E-state index is 12.5. The molecule has 1 aromatic carbocycles. The van der Waals surface area contributed by atoms with Crippen molar-refractivity contribution in [1.82, 2.24) is 4.90 Å². The first kappa shape index (κ1) is 12.6. The molecular weight excluding hydrogens is 224 g/mol. The van der Waals surface area contributed by atoms with E-state index in [9.17, 15) is 4.79 Å². The van der Waals surface area contributed by atoms with Gasteiger partial charge in [-0.1, -0.05) is 17.7 Å². The maximum absolute atomic E-state index is 12.5. The number of benzene rings is 1. The number of likely N-dealkylation sites (tertiary alicyclic amines) is 1. The van der Waals surface area contributed by atoms with E-state index in [0.29, 0.717) is 6.54 Å². The molecule has 1 amide bonds. The summed E-state index contributed by atoms with van der Waals surface area (Å²) in [4.78, 5) is 14.2. The monoisotopic (exact) mass is 242 g/mol. The van der Waals surface area contributed by atoms with Crippen LogP contribution in [-0.4, -0.2) is 23.4 Å². The Morgan fingerprint density at radius 2 is 2.17 bits per heavy atom. The van der Waals surface area contributed by atoms with E-state index >= 15 is 0 Å². The van der Waals surface area contributed by atoms with Crippen molar-refractivity contribution < 1.29 is 4.79 Å². The van der Waals surface area contributed by atoms with Crippen molar-refractivity contribution in [2.45, 2.75) is 39.2 Å². The quantitative estimate of drug-likeness (QED) is 0.760. The average molecular weight is 242 g/mol. The summed E-state index contributed by atoms with van der Waals surface area (Å²) in [6.45, 7) is 4.66. The van der Waals surface area contributed by atoms with Gasteiger partial charge in [-0.15, -0.1) is 0 Å². The predicted octanol–water partition coefficient (Wildman–Crippen LogP) is 2.82. The minimum atomic E-state index is -0.257. The number of aryl methyl sites for hydroxylation is 2. The van der Waals surface area contributed by atoms with Gasteiger partial charge >= 0.3 is 0 Å². The van der Waals surface area contributed by atoms with E-state index in [-0.39, 0.29) is 11.9 Å². The summed E-state index contributed by atoms with van der Waals surface area (Å²) in [5, 5.41) is 9.13. The smallest absolute Gasteiger partial charge is 0.255 e. The molecule has 1 aromatic rings. The lowest BCUT2D eigenvalue weighted by atomic mass is 9.99. The van der Waals surface area contributed by atoms with Gasteiger partial charge < -0.3 is 4.90 Å². The van der Waals surface area contributed by atoms with E-state index in [2.05, 4.69) is 6.07 Å². The molecule has 0 N–H and O–H groups in total. The second-order valence-corrected chi connectivity index (χ2v) is 4.96. The molecule has 1 aliphatic rings. The molecule has 1 aliphatic heterocycles. The number of hydrogen-bond donors (Lipinski definition) is 0. The Kier molecular flexibility index (Phi) is 3.66. The SMILES string of the molecule is Cc1ccc(C(=O)N2CCCCC2C#N)c(C)c1. The van der Waals surface area contributed by atoms with Crippen LogP contribution in [0.2, 0.25) is 0 Å². The molecule has 2 rings (SSSR count). The lowest BCUT2D eigenvalue weighted by Crippen LogP contribution is -2.43. The largest absolute Gasteiger partial charge is 0.323 e. The Morgan fingerprint density at radius 3 is 2.83 bits per heavy atom. The third-order valence-corrected chi connectivity index (χ3v) is 3.53. The molecule has 1 heterocycles. The fraction of sp³-hybridized carbons (Fsp3) is 0.467. The number of carbonyl (C=O) groups is 1. The van der Waals surface area contributed by atoms with Gasteiger partial charge in [0.05, 0.1) is 6.07 Å². The fourth-order valence-corrected chi connectivity index (χ4v) is 2.52. The second-order valence-electron chi connectivity index (χ2n) is 4.96. The highest BCUT2D eigenvalue weighted by Gasteiger charge is 2.27. The van der Waals surface area contributed by atoms with Crippen molar-refractivity contribution in [2.24, 2.45) is 0 Å². The van der Waals surface area contributed by atoms with Gasteiger partial charge in [0, 0.05) is 12.1 Å². The number of piperidine rings is 1. The predicted molar refractivity (Wildman–Crippen MR) is 70.2 cm³/mol. The summed E-state index contributed by atoms with van der Waals surface area (Å²) in [5.74, 6) is -0.00116. The van der Waals surface area contributed by atoms with Crippen molar-refractivity contribution >= 4 is 5.91 Å². The van der Waals surface area contributed by atoms with Gasteiger partial charge in [-0.05, 0) is 44.7 Å². The van der Waals surface area contributed by atoms with E-state index in [4.69, 9.17) is 5.26 Å². The topological polar surface area (TPSA) is 44.1 Å². The maximum Gasteiger partial charge on any atom is 0.255 e. The summed E-state index contributed by atoms with van der Waals surface area (Å²) < 4.78 is 0. The first-order valence-corrected chi connectivity index (χ1v) is 6.41. The zero-order valence-corrected chi connectivity index (χ0v) is 10.9. The van der Waals surface area contributed by atoms with Crippen LogP contribution in [-0.2, 0) is 0 Å². The highest BCUT2D eigenvalue weighted by atomic mass is 16.2. The van der Waals surface area contributed by atoms with Gasteiger partial charge in [0.2, 0.25) is 0 Å². The lowest BCUT2D eigenvalue weighted by molar-refractivity contribution is 0.0670. The molecule has 94 valence electrons. The average Bonchev–Trinajstić information content (AvgIpc) is 2.38. The molecule has 0 saturated carbocycles. The Bertz CT molecular complexity index is 502. The summed E-state index contributed by atoms with van der Waals surface area (Å²) in [6.07, 6.45) is 2.83. The number of nitriles is 1. The fourth-order valence-electron chi connectivity index (χ4n) is 2.52. The molecule has 0 aromatic heterocycles. The van der Waals surface area contributed by atoms with Crippen LogP contribution in [0.5, 0.6) is 0 Å². The molecular formula is C15H18N2O. The number of carbonyl (C=O) groups excluding carboxylic acids is 1. The van der Waals surface area contributed by atoms with E-state index < -0.39 is 0 Å². The molecule has 0 bridgehead atoms. The third-order valence-electron chi connectivity index (χ3n) is 3.53. The van der Waals surface area contributed by atoms with Gasteiger partial charge in [0.1, 0.15) is 6.04 Å². The number of nitrogens with zero attached hydrogens (tertiary/aromatic N) is 2. The van der Waals surface area contributed by atoms with Crippen molar-refractivity contribution in [3.8, 4) is 6.07 Å². The van der Waals surface area contributed by atoms with E-state index in [1.807, 2.05) is 32.0 Å². The Hall–Kier alpha value is -1.82. The molecule has 0 spiro atoms. The number of hydrogen-bond acceptors (Lipinski definition) is 2. The van der Waals surface area contributed by atoms with Gasteiger partial charge in [-0.2, -0.15) is 5.26 Å². The molecule has 1 fully saturated rings. The Labute approximate surface area is 108 Å². The van der Waals surface area contributed by atoms with Crippen molar-refractivity contribution in [2.75, 3.05) is 6.54 Å². The summed E-state index contributed by atoms with van der Waals surface area (Å²) in [5.41, 5.74) is 2.87. The van der Waals surface area contributed by atoms with Crippen LogP contribution >= 0.6 is 0 Å². The standard InChI is InChI=1S/C15H18N2O/c1-11-6-7-14(12(2)9-11)15(18)17-8-4-3-5-13(17)10-16/h6-7,9,13H,3-5,8H2,1-2H3. The zero-order valence-electron chi connectivity index (χ0n) is 10.9. The minimum absolute atomic E-state index is 0.00116. The highest BCUT2D eigenvalue weighted by molar-refractivity contribution is 5.96. The molecule has 1 unspecified atom stereocenters. The normalized spacial score (nSPS) is 19.4. The van der Waals surface area contributed by atoms with Gasteiger partial charge in [0.15, 0.2) is 0 Å². The van der Waals surface area contributed by atoms with Crippen LogP contribution in [0.1, 0.15) is 40.7 Å². The zero-order chi connectivity index (χ0) is 13.1. The van der Waals surface area contributed by atoms with E-state index in [1.165, 1.54) is 0 Å². The van der Waals surface area contributed by atoms with Crippen LogP contribution in [0.25, 0.3) is 0 Å². The summed E-state index contributed by atoms with van der Waals surface area (Å²) in [7, 11) is 0. The summed E-state index contributed by atoms with van der Waals surface area (Å²) >= 11 is 0. The third kappa shape index (κ3) is 2.38. The van der Waals surface area contributed by atoms with Crippen LogP contribution in [0.3, 0.4) is 0 Å². The highest BCUT2D eigenvalue weighted by Crippen LogP contribution is 2.21. The first-order chi connectivity index (χ1) is 8.63. The molecule has 3 nitrogen and oxygen atoms in total. The second kappa shape index (κ2) is 5.22. The number of rotatable bonds is 1. The van der Waals surface area contributed by atoms with Crippen LogP contribution in [0.15, 0.2) is 18.2 Å².